The smallest absolute Gasteiger partial charge is 0.321 e. The molecule has 1 atom stereocenters. The highest BCUT2D eigenvalue weighted by molar-refractivity contribution is 7.08. The first-order valence-electron chi connectivity index (χ1n) is 7.18. The number of imidazole rings is 1. The van der Waals surface area contributed by atoms with Crippen LogP contribution < -0.4 is 5.32 Å². The first-order valence-corrected chi connectivity index (χ1v) is 8.12. The van der Waals surface area contributed by atoms with Crippen molar-refractivity contribution in [1.29, 1.82) is 0 Å². The number of carbonyl (C=O) groups excluding carboxylic acids is 1. The second kappa shape index (κ2) is 5.89. The van der Waals surface area contributed by atoms with E-state index in [9.17, 15) is 4.79 Å². The van der Waals surface area contributed by atoms with Crippen LogP contribution in [0.1, 0.15) is 17.8 Å². The summed E-state index contributed by atoms with van der Waals surface area (Å²) in [6.45, 7) is 3.73. The highest BCUT2D eigenvalue weighted by Gasteiger charge is 2.22. The molecule has 21 heavy (non-hydrogen) atoms. The van der Waals surface area contributed by atoms with Crippen LogP contribution in [0.15, 0.2) is 23.2 Å². The third-order valence-corrected chi connectivity index (χ3v) is 4.87. The SMILES string of the molecule is Cc1cscc1NC(=O)N(C)C[C@H]1CCc2nccn2C1. The molecule has 3 heterocycles. The third kappa shape index (κ3) is 3.10. The Kier molecular flexibility index (Phi) is 3.96. The molecule has 6 heteroatoms. The van der Waals surface area contributed by atoms with Gasteiger partial charge in [-0.05, 0) is 30.2 Å². The maximum atomic E-state index is 12.2. The number of amides is 2. The zero-order valence-corrected chi connectivity index (χ0v) is 13.2. The van der Waals surface area contributed by atoms with Crippen molar-refractivity contribution in [2.75, 3.05) is 18.9 Å². The Labute approximate surface area is 128 Å². The lowest BCUT2D eigenvalue weighted by Crippen LogP contribution is -2.37. The average Bonchev–Trinajstić information content (AvgIpc) is 3.07. The van der Waals surface area contributed by atoms with Gasteiger partial charge in [0.25, 0.3) is 0 Å². The second-order valence-electron chi connectivity index (χ2n) is 5.68. The summed E-state index contributed by atoms with van der Waals surface area (Å²) in [5, 5.41) is 6.98. The number of thiophene rings is 1. The molecule has 0 saturated heterocycles. The fraction of sp³-hybridized carbons (Fsp3) is 0.467. The normalized spacial score (nSPS) is 17.3. The van der Waals surface area contributed by atoms with E-state index in [0.29, 0.717) is 5.92 Å². The van der Waals surface area contributed by atoms with Gasteiger partial charge in [0.2, 0.25) is 0 Å². The highest BCUT2D eigenvalue weighted by Crippen LogP contribution is 2.21. The van der Waals surface area contributed by atoms with Gasteiger partial charge in [-0.1, -0.05) is 0 Å². The summed E-state index contributed by atoms with van der Waals surface area (Å²) < 4.78 is 2.20. The number of hydrogen-bond donors (Lipinski definition) is 1. The molecule has 1 N–H and O–H groups in total. The average molecular weight is 304 g/mol. The molecule has 2 aromatic heterocycles. The van der Waals surface area contributed by atoms with Crippen LogP contribution >= 0.6 is 11.3 Å². The number of anilines is 1. The summed E-state index contributed by atoms with van der Waals surface area (Å²) >= 11 is 1.61. The molecule has 0 fully saturated rings. The molecule has 0 saturated carbocycles. The minimum absolute atomic E-state index is 0.0343. The molecule has 2 aromatic rings. The molecule has 0 aliphatic carbocycles. The summed E-state index contributed by atoms with van der Waals surface area (Å²) in [4.78, 5) is 18.3. The number of fused-ring (bicyclic) bond motifs is 1. The van der Waals surface area contributed by atoms with Crippen molar-refractivity contribution in [1.82, 2.24) is 14.5 Å². The number of nitrogens with one attached hydrogen (secondary N) is 1. The number of rotatable bonds is 3. The third-order valence-electron chi connectivity index (χ3n) is 4.01. The van der Waals surface area contributed by atoms with Gasteiger partial charge in [-0.15, -0.1) is 11.3 Å². The van der Waals surface area contributed by atoms with E-state index in [-0.39, 0.29) is 6.03 Å². The number of hydrogen-bond acceptors (Lipinski definition) is 3. The predicted octanol–water partition coefficient (Wildman–Crippen LogP) is 2.98. The number of nitrogens with zero attached hydrogens (tertiary/aromatic N) is 3. The van der Waals surface area contributed by atoms with E-state index >= 15 is 0 Å². The van der Waals surface area contributed by atoms with Crippen LogP contribution in [0.2, 0.25) is 0 Å². The van der Waals surface area contributed by atoms with Crippen LogP contribution in [0.5, 0.6) is 0 Å². The summed E-state index contributed by atoms with van der Waals surface area (Å²) in [6, 6.07) is -0.0343. The fourth-order valence-electron chi connectivity index (χ4n) is 2.76. The van der Waals surface area contributed by atoms with Gasteiger partial charge in [-0.2, -0.15) is 0 Å². The van der Waals surface area contributed by atoms with Crippen LogP contribution in [-0.2, 0) is 13.0 Å². The maximum Gasteiger partial charge on any atom is 0.321 e. The van der Waals surface area contributed by atoms with E-state index in [0.717, 1.165) is 43.0 Å². The molecule has 5 nitrogen and oxygen atoms in total. The molecule has 0 bridgehead atoms. The van der Waals surface area contributed by atoms with E-state index in [1.807, 2.05) is 37.1 Å². The van der Waals surface area contributed by atoms with Crippen molar-refractivity contribution in [2.45, 2.75) is 26.3 Å². The Balaban J connectivity index is 1.56. The van der Waals surface area contributed by atoms with Gasteiger partial charge in [-0.3, -0.25) is 0 Å². The Morgan fingerprint density at radius 3 is 3.19 bits per heavy atom. The van der Waals surface area contributed by atoms with Crippen LogP contribution in [-0.4, -0.2) is 34.1 Å². The fourth-order valence-corrected chi connectivity index (χ4v) is 3.54. The highest BCUT2D eigenvalue weighted by atomic mass is 32.1. The van der Waals surface area contributed by atoms with E-state index in [1.54, 1.807) is 16.2 Å². The van der Waals surface area contributed by atoms with Crippen LogP contribution in [0, 0.1) is 12.8 Å². The molecule has 0 aromatic carbocycles. The van der Waals surface area contributed by atoms with Crippen molar-refractivity contribution in [2.24, 2.45) is 5.92 Å². The zero-order valence-electron chi connectivity index (χ0n) is 12.4. The van der Waals surface area contributed by atoms with Crippen molar-refractivity contribution in [3.05, 3.63) is 34.5 Å². The Hall–Kier alpha value is -1.82. The van der Waals surface area contributed by atoms with Gasteiger partial charge in [0.05, 0.1) is 5.69 Å². The Morgan fingerprint density at radius 2 is 2.43 bits per heavy atom. The molecule has 1 aliphatic rings. The second-order valence-corrected chi connectivity index (χ2v) is 6.42. The number of aryl methyl sites for hydroxylation is 2. The molecule has 0 unspecified atom stereocenters. The van der Waals surface area contributed by atoms with E-state index < -0.39 is 0 Å². The molecule has 2 amide bonds. The predicted molar refractivity (Wildman–Crippen MR) is 84.7 cm³/mol. The lowest BCUT2D eigenvalue weighted by atomic mass is 9.99. The van der Waals surface area contributed by atoms with Gasteiger partial charge in [-0.25, -0.2) is 9.78 Å². The quantitative estimate of drug-likeness (QED) is 0.947. The van der Waals surface area contributed by atoms with E-state index in [2.05, 4.69) is 14.9 Å². The van der Waals surface area contributed by atoms with Crippen molar-refractivity contribution >= 4 is 23.1 Å². The summed E-state index contributed by atoms with van der Waals surface area (Å²) in [5.41, 5.74) is 2.03. The van der Waals surface area contributed by atoms with Gasteiger partial charge in [0, 0.05) is 44.3 Å². The topological polar surface area (TPSA) is 50.2 Å². The Morgan fingerprint density at radius 1 is 1.57 bits per heavy atom. The maximum absolute atomic E-state index is 12.2. The van der Waals surface area contributed by atoms with Crippen molar-refractivity contribution in [3.63, 3.8) is 0 Å². The van der Waals surface area contributed by atoms with Gasteiger partial charge in [0.15, 0.2) is 0 Å². The summed E-state index contributed by atoms with van der Waals surface area (Å²) in [6.07, 6.45) is 5.96. The number of urea groups is 1. The van der Waals surface area contributed by atoms with Crippen LogP contribution in [0.25, 0.3) is 0 Å². The van der Waals surface area contributed by atoms with Crippen molar-refractivity contribution < 1.29 is 4.79 Å². The van der Waals surface area contributed by atoms with Crippen LogP contribution in [0.3, 0.4) is 0 Å². The molecular weight excluding hydrogens is 284 g/mol. The number of carbonyl (C=O) groups is 1. The Bertz CT molecular complexity index is 633. The van der Waals surface area contributed by atoms with Gasteiger partial charge >= 0.3 is 6.03 Å². The van der Waals surface area contributed by atoms with E-state index in [1.165, 1.54) is 0 Å². The molecule has 0 radical (unpaired) electrons. The minimum atomic E-state index is -0.0343. The summed E-state index contributed by atoms with van der Waals surface area (Å²) in [5.74, 6) is 1.65. The first kappa shape index (κ1) is 14.1. The van der Waals surface area contributed by atoms with E-state index in [4.69, 9.17) is 0 Å². The van der Waals surface area contributed by atoms with Gasteiger partial charge < -0.3 is 14.8 Å². The summed E-state index contributed by atoms with van der Waals surface area (Å²) in [7, 11) is 1.86. The van der Waals surface area contributed by atoms with Gasteiger partial charge in [0.1, 0.15) is 5.82 Å². The van der Waals surface area contributed by atoms with Crippen LogP contribution in [0.4, 0.5) is 10.5 Å². The lowest BCUT2D eigenvalue weighted by Gasteiger charge is -2.28. The molecule has 1 aliphatic heterocycles. The lowest BCUT2D eigenvalue weighted by molar-refractivity contribution is 0.205. The molecular formula is C15H20N4OS. The minimum Gasteiger partial charge on any atom is -0.335 e. The number of aromatic nitrogens is 2. The largest absolute Gasteiger partial charge is 0.335 e. The molecule has 3 rings (SSSR count). The zero-order chi connectivity index (χ0) is 14.8. The molecule has 112 valence electrons. The monoisotopic (exact) mass is 304 g/mol. The molecule has 0 spiro atoms. The van der Waals surface area contributed by atoms with Crippen molar-refractivity contribution in [3.8, 4) is 0 Å². The first-order chi connectivity index (χ1) is 10.1. The standard InChI is InChI=1S/C15H20N4OS/c1-11-9-21-10-13(11)17-15(20)18(2)7-12-3-4-14-16-5-6-19(14)8-12/h5-6,9-10,12H,3-4,7-8H2,1-2H3,(H,17,20)/t12-/m1/s1.